The minimum absolute atomic E-state index is 0.0145. The number of nitrogens with one attached hydrogen (secondary N) is 2. The van der Waals surface area contributed by atoms with Crippen LogP contribution in [0.15, 0.2) is 21.7 Å². The van der Waals surface area contributed by atoms with Gasteiger partial charge >= 0.3 is 11.8 Å². The van der Waals surface area contributed by atoms with Crippen LogP contribution in [0.4, 0.5) is 0 Å². The molecule has 0 saturated heterocycles. The predicted octanol–water partition coefficient (Wildman–Crippen LogP) is 1.53. The van der Waals surface area contributed by atoms with Gasteiger partial charge in [0, 0.05) is 6.04 Å². The fraction of sp³-hybridized carbons (Fsp3) is 0.357. The normalized spacial score (nSPS) is 10.8. The summed E-state index contributed by atoms with van der Waals surface area (Å²) < 4.78 is 5.71. The molecule has 0 atom stereocenters. The van der Waals surface area contributed by atoms with Crippen LogP contribution in [0.25, 0.3) is 0 Å². The van der Waals surface area contributed by atoms with Crippen molar-refractivity contribution in [2.24, 2.45) is 5.10 Å². The topological polar surface area (TPSA) is 100 Å². The predicted molar refractivity (Wildman–Crippen MR) is 86.0 cm³/mol. The zero-order valence-electron chi connectivity index (χ0n) is 12.5. The lowest BCUT2D eigenvalue weighted by atomic mass is 10.2. The number of hydrogen-bond acceptors (Lipinski definition) is 5. The molecule has 120 valence electrons. The van der Waals surface area contributed by atoms with Crippen molar-refractivity contribution in [3.8, 4) is 11.5 Å². The lowest BCUT2D eigenvalue weighted by molar-refractivity contribution is -0.139. The Morgan fingerprint density at radius 3 is 2.68 bits per heavy atom. The van der Waals surface area contributed by atoms with Crippen molar-refractivity contribution >= 4 is 34.0 Å². The number of carbonyl (C=O) groups is 2. The summed E-state index contributed by atoms with van der Waals surface area (Å²) in [4.78, 5) is 22.8. The van der Waals surface area contributed by atoms with Crippen molar-refractivity contribution < 1.29 is 19.4 Å². The maximum Gasteiger partial charge on any atom is 0.329 e. The summed E-state index contributed by atoms with van der Waals surface area (Å²) in [5.74, 6) is -1.33. The number of ether oxygens (including phenoxy) is 1. The number of benzene rings is 1. The third-order valence-corrected chi connectivity index (χ3v) is 2.96. The average molecular weight is 372 g/mol. The number of phenolic OH excluding ortho intramolecular Hbond substituents is 1. The Kier molecular flexibility index (Phi) is 6.84. The van der Waals surface area contributed by atoms with Gasteiger partial charge in [-0.05, 0) is 54.4 Å². The highest BCUT2D eigenvalue weighted by Crippen LogP contribution is 2.34. The van der Waals surface area contributed by atoms with Crippen LogP contribution in [0.1, 0.15) is 26.3 Å². The summed E-state index contributed by atoms with van der Waals surface area (Å²) in [6, 6.07) is 3.03. The molecular weight excluding hydrogens is 354 g/mol. The molecule has 7 nitrogen and oxygen atoms in total. The van der Waals surface area contributed by atoms with Gasteiger partial charge in [-0.2, -0.15) is 5.10 Å². The van der Waals surface area contributed by atoms with E-state index in [-0.39, 0.29) is 11.8 Å². The van der Waals surface area contributed by atoms with E-state index in [0.29, 0.717) is 22.4 Å². The van der Waals surface area contributed by atoms with Gasteiger partial charge in [0.2, 0.25) is 0 Å². The first kappa shape index (κ1) is 18.0. The zero-order valence-corrected chi connectivity index (χ0v) is 14.1. The van der Waals surface area contributed by atoms with Crippen molar-refractivity contribution in [2.45, 2.75) is 26.8 Å². The molecule has 8 heteroatoms. The van der Waals surface area contributed by atoms with Gasteiger partial charge in [-0.3, -0.25) is 9.59 Å². The Morgan fingerprint density at radius 2 is 2.09 bits per heavy atom. The molecule has 2 amide bonds. The number of hydrazone groups is 1. The molecule has 0 spiro atoms. The van der Waals surface area contributed by atoms with E-state index in [1.165, 1.54) is 6.21 Å². The second-order valence-electron chi connectivity index (χ2n) is 4.61. The van der Waals surface area contributed by atoms with Gasteiger partial charge in [0.15, 0.2) is 11.5 Å². The first-order valence-electron chi connectivity index (χ1n) is 6.64. The van der Waals surface area contributed by atoms with Gasteiger partial charge in [0.05, 0.1) is 17.3 Å². The molecule has 3 N–H and O–H groups in total. The molecule has 0 fully saturated rings. The molecule has 0 heterocycles. The van der Waals surface area contributed by atoms with Crippen LogP contribution in [0.2, 0.25) is 0 Å². The smallest absolute Gasteiger partial charge is 0.329 e. The zero-order chi connectivity index (χ0) is 16.7. The molecule has 0 saturated carbocycles. The van der Waals surface area contributed by atoms with E-state index in [0.717, 1.165) is 0 Å². The second kappa shape index (κ2) is 8.38. The van der Waals surface area contributed by atoms with Crippen LogP contribution in [0.5, 0.6) is 11.5 Å². The summed E-state index contributed by atoms with van der Waals surface area (Å²) in [6.07, 6.45) is 1.34. The molecule has 1 aromatic carbocycles. The average Bonchev–Trinajstić information content (AvgIpc) is 2.43. The fourth-order valence-corrected chi connectivity index (χ4v) is 1.94. The van der Waals surface area contributed by atoms with E-state index in [9.17, 15) is 14.7 Å². The van der Waals surface area contributed by atoms with Gasteiger partial charge < -0.3 is 15.2 Å². The van der Waals surface area contributed by atoms with Gasteiger partial charge in [-0.15, -0.1) is 0 Å². The van der Waals surface area contributed by atoms with Crippen LogP contribution in [0, 0.1) is 0 Å². The molecule has 0 aliphatic carbocycles. The summed E-state index contributed by atoms with van der Waals surface area (Å²) in [5, 5.41) is 15.9. The molecule has 1 aromatic rings. The van der Waals surface area contributed by atoms with Crippen LogP contribution < -0.4 is 15.5 Å². The Balaban J connectivity index is 2.74. The Bertz CT molecular complexity index is 588. The highest BCUT2D eigenvalue weighted by atomic mass is 79.9. The number of phenols is 1. The van der Waals surface area contributed by atoms with E-state index >= 15 is 0 Å². The van der Waals surface area contributed by atoms with Crippen molar-refractivity contribution in [2.75, 3.05) is 6.61 Å². The number of amides is 2. The maximum absolute atomic E-state index is 11.4. The molecule has 0 radical (unpaired) electrons. The van der Waals surface area contributed by atoms with Crippen LogP contribution in [0.3, 0.4) is 0 Å². The van der Waals surface area contributed by atoms with Gasteiger partial charge in [0.25, 0.3) is 0 Å². The van der Waals surface area contributed by atoms with Crippen LogP contribution in [-0.2, 0) is 9.59 Å². The number of aromatic hydroxyl groups is 1. The first-order chi connectivity index (χ1) is 10.3. The minimum atomic E-state index is -0.854. The quantitative estimate of drug-likeness (QED) is 0.415. The Morgan fingerprint density at radius 1 is 1.41 bits per heavy atom. The van der Waals surface area contributed by atoms with Crippen molar-refractivity contribution in [3.05, 3.63) is 22.2 Å². The SMILES string of the molecule is CCOc1cc(/C=N\NC(=O)C(=O)NC(C)C)cc(Br)c1O. The maximum atomic E-state index is 11.4. The Hall–Kier alpha value is -2.09. The third kappa shape index (κ3) is 5.36. The summed E-state index contributed by atoms with van der Waals surface area (Å²) in [6.45, 7) is 5.68. The van der Waals surface area contributed by atoms with Gasteiger partial charge in [-0.1, -0.05) is 0 Å². The lowest BCUT2D eigenvalue weighted by Gasteiger charge is -2.08. The monoisotopic (exact) mass is 371 g/mol. The van der Waals surface area contributed by atoms with Crippen LogP contribution >= 0.6 is 15.9 Å². The van der Waals surface area contributed by atoms with Gasteiger partial charge in [-0.25, -0.2) is 5.43 Å². The van der Waals surface area contributed by atoms with E-state index in [1.54, 1.807) is 32.9 Å². The molecule has 1 rings (SSSR count). The summed E-state index contributed by atoms with van der Waals surface area (Å²) in [7, 11) is 0. The van der Waals surface area contributed by atoms with Gasteiger partial charge in [0.1, 0.15) is 0 Å². The molecule has 22 heavy (non-hydrogen) atoms. The molecule has 0 unspecified atom stereocenters. The number of hydrogen-bond donors (Lipinski definition) is 3. The van der Waals surface area contributed by atoms with E-state index < -0.39 is 11.8 Å². The number of halogens is 1. The van der Waals surface area contributed by atoms with Crippen molar-refractivity contribution in [3.63, 3.8) is 0 Å². The third-order valence-electron chi connectivity index (χ3n) is 2.36. The highest BCUT2D eigenvalue weighted by molar-refractivity contribution is 9.10. The van der Waals surface area contributed by atoms with E-state index in [1.807, 2.05) is 0 Å². The first-order valence-corrected chi connectivity index (χ1v) is 7.43. The molecule has 0 aromatic heterocycles. The fourth-order valence-electron chi connectivity index (χ4n) is 1.48. The number of rotatable bonds is 5. The largest absolute Gasteiger partial charge is 0.503 e. The summed E-state index contributed by atoms with van der Waals surface area (Å²) >= 11 is 3.19. The number of carbonyl (C=O) groups excluding carboxylic acids is 2. The van der Waals surface area contributed by atoms with Crippen molar-refractivity contribution in [1.82, 2.24) is 10.7 Å². The van der Waals surface area contributed by atoms with E-state index in [4.69, 9.17) is 4.74 Å². The molecular formula is C14H18BrN3O4. The summed E-state index contributed by atoms with van der Waals surface area (Å²) in [5.41, 5.74) is 2.70. The second-order valence-corrected chi connectivity index (χ2v) is 5.46. The molecule has 0 aliphatic rings. The highest BCUT2D eigenvalue weighted by Gasteiger charge is 2.13. The van der Waals surface area contributed by atoms with E-state index in [2.05, 4.69) is 31.8 Å². The standard InChI is InChI=1S/C14H18BrN3O4/c1-4-22-11-6-9(5-10(15)12(11)19)7-16-18-14(21)13(20)17-8(2)3/h5-8,19H,4H2,1-3H3,(H,17,20)(H,18,21)/b16-7-. The molecule has 0 bridgehead atoms. The molecule has 0 aliphatic heterocycles. The van der Waals surface area contributed by atoms with Crippen LogP contribution in [-0.4, -0.2) is 35.8 Å². The van der Waals surface area contributed by atoms with Crippen molar-refractivity contribution in [1.29, 1.82) is 0 Å². The lowest BCUT2D eigenvalue weighted by Crippen LogP contribution is -2.41. The number of nitrogens with zero attached hydrogens (tertiary/aromatic N) is 1. The Labute approximate surface area is 136 Å². The minimum Gasteiger partial charge on any atom is -0.503 e.